The molecule has 2 unspecified atom stereocenters. The summed E-state index contributed by atoms with van der Waals surface area (Å²) in [6, 6.07) is 4.38. The van der Waals surface area contributed by atoms with E-state index in [9.17, 15) is 13.2 Å². The lowest BCUT2D eigenvalue weighted by atomic mass is 9.82. The van der Waals surface area contributed by atoms with Crippen LogP contribution < -0.4 is 4.90 Å². The van der Waals surface area contributed by atoms with E-state index in [0.29, 0.717) is 23.3 Å². The minimum atomic E-state index is -1.42. The van der Waals surface area contributed by atoms with Crippen molar-refractivity contribution >= 4 is 16.5 Å². The van der Waals surface area contributed by atoms with Gasteiger partial charge in [-0.25, -0.2) is 22.8 Å². The van der Waals surface area contributed by atoms with E-state index >= 15 is 0 Å². The maximum absolute atomic E-state index is 13.9. The quantitative estimate of drug-likeness (QED) is 0.495. The fraction of sp³-hybridized carbons (Fsp3) is 0.542. The molecule has 6 rings (SSSR count). The Morgan fingerprint density at radius 2 is 1.76 bits per heavy atom. The van der Waals surface area contributed by atoms with Crippen LogP contribution in [0.4, 0.5) is 18.2 Å². The van der Waals surface area contributed by atoms with Gasteiger partial charge in [0.05, 0.1) is 5.69 Å². The number of aromatic nitrogens is 4. The zero-order chi connectivity index (χ0) is 22.7. The standard InChI is InChI=1S/C24H26F3N5S/c1-13-7-22(33-30-13)31-11-14-4-5-15(12-31)18(14)10-21-28-24-17(3-2-6-32(24)29-21)16-8-19(25)23(27)20(26)9-16/h7-9,14-15,17-18H,2-6,10-12H2,1H3/t14-,15+,17?,18?. The third kappa shape index (κ3) is 3.74. The second kappa shape index (κ2) is 8.11. The van der Waals surface area contributed by atoms with Gasteiger partial charge < -0.3 is 4.90 Å². The van der Waals surface area contributed by atoms with Gasteiger partial charge >= 0.3 is 0 Å². The molecule has 4 atom stereocenters. The van der Waals surface area contributed by atoms with E-state index in [4.69, 9.17) is 10.1 Å². The van der Waals surface area contributed by atoms with Crippen molar-refractivity contribution in [2.75, 3.05) is 18.0 Å². The largest absolute Gasteiger partial charge is 0.362 e. The van der Waals surface area contributed by atoms with Crippen molar-refractivity contribution in [1.29, 1.82) is 0 Å². The molecule has 3 aliphatic rings. The van der Waals surface area contributed by atoms with Crippen LogP contribution in [0.25, 0.3) is 0 Å². The molecule has 2 fully saturated rings. The van der Waals surface area contributed by atoms with E-state index in [2.05, 4.69) is 15.3 Å². The molecule has 2 aromatic heterocycles. The molecule has 0 spiro atoms. The minimum Gasteiger partial charge on any atom is -0.362 e. The molecular formula is C24H26F3N5S. The molecule has 1 aromatic carbocycles. The van der Waals surface area contributed by atoms with Gasteiger partial charge in [0.2, 0.25) is 0 Å². The zero-order valence-electron chi connectivity index (χ0n) is 18.5. The summed E-state index contributed by atoms with van der Waals surface area (Å²) in [5.74, 6) is -0.646. The smallest absolute Gasteiger partial charge is 0.194 e. The van der Waals surface area contributed by atoms with Crippen LogP contribution in [0.5, 0.6) is 0 Å². The predicted octanol–water partition coefficient (Wildman–Crippen LogP) is 5.09. The molecule has 1 saturated carbocycles. The average molecular weight is 474 g/mol. The Bertz CT molecular complexity index is 1150. The summed E-state index contributed by atoms with van der Waals surface area (Å²) in [6.07, 6.45) is 4.87. The van der Waals surface area contributed by atoms with Crippen molar-refractivity contribution in [3.05, 3.63) is 58.6 Å². The van der Waals surface area contributed by atoms with Crippen molar-refractivity contribution in [3.8, 4) is 0 Å². The summed E-state index contributed by atoms with van der Waals surface area (Å²) >= 11 is 1.58. The van der Waals surface area contributed by atoms with Crippen molar-refractivity contribution < 1.29 is 13.2 Å². The number of piperidine rings is 1. The highest BCUT2D eigenvalue weighted by Crippen LogP contribution is 2.45. The first kappa shape index (κ1) is 21.1. The Kier molecular flexibility index (Phi) is 5.19. The van der Waals surface area contributed by atoms with Crippen molar-refractivity contribution in [2.45, 2.75) is 51.5 Å². The van der Waals surface area contributed by atoms with Crippen LogP contribution in [0.3, 0.4) is 0 Å². The van der Waals surface area contributed by atoms with E-state index in [1.807, 2.05) is 11.6 Å². The molecule has 1 saturated heterocycles. The van der Waals surface area contributed by atoms with Crippen LogP contribution >= 0.6 is 11.5 Å². The Morgan fingerprint density at radius 1 is 1.03 bits per heavy atom. The lowest BCUT2D eigenvalue weighted by molar-refractivity contribution is 0.266. The van der Waals surface area contributed by atoms with E-state index in [-0.39, 0.29) is 5.92 Å². The first-order chi connectivity index (χ1) is 16.0. The number of aryl methyl sites for hydroxylation is 2. The Morgan fingerprint density at radius 3 is 2.42 bits per heavy atom. The Balaban J connectivity index is 1.22. The highest BCUT2D eigenvalue weighted by molar-refractivity contribution is 7.10. The van der Waals surface area contributed by atoms with E-state index < -0.39 is 17.5 Å². The highest BCUT2D eigenvalue weighted by Gasteiger charge is 2.43. The van der Waals surface area contributed by atoms with Crippen LogP contribution in [0.15, 0.2) is 18.2 Å². The Labute approximate surface area is 194 Å². The molecular weight excluding hydrogens is 447 g/mol. The number of nitrogens with zero attached hydrogens (tertiary/aromatic N) is 5. The van der Waals surface area contributed by atoms with Gasteiger partial charge in [-0.15, -0.1) is 0 Å². The van der Waals surface area contributed by atoms with E-state index in [1.54, 1.807) is 11.5 Å². The molecule has 3 aromatic rings. The predicted molar refractivity (Wildman–Crippen MR) is 120 cm³/mol. The molecule has 0 radical (unpaired) electrons. The van der Waals surface area contributed by atoms with Crippen LogP contribution in [0, 0.1) is 42.1 Å². The molecule has 4 heterocycles. The normalized spacial score (nSPS) is 26.6. The number of rotatable bonds is 4. The SMILES string of the molecule is Cc1cc(N2C[C@H]3CC[C@@H](C2)C3Cc2nc3n(n2)CCCC3c2cc(F)c(F)c(F)c2)sn1. The first-order valence-corrected chi connectivity index (χ1v) is 12.5. The number of benzene rings is 1. The molecule has 0 amide bonds. The second-order valence-electron chi connectivity index (χ2n) is 9.78. The lowest BCUT2D eigenvalue weighted by Gasteiger charge is -2.38. The van der Waals surface area contributed by atoms with Gasteiger partial charge in [-0.1, -0.05) is 0 Å². The first-order valence-electron chi connectivity index (χ1n) is 11.7. The number of hydrogen-bond acceptors (Lipinski definition) is 5. The molecule has 5 nitrogen and oxygen atoms in total. The summed E-state index contributed by atoms with van der Waals surface area (Å²) in [5, 5.41) is 6.05. The van der Waals surface area contributed by atoms with Gasteiger partial charge in [-0.3, -0.25) is 0 Å². The number of halogens is 3. The number of fused-ring (bicyclic) bond motifs is 3. The topological polar surface area (TPSA) is 46.8 Å². The Hall–Kier alpha value is -2.42. The average Bonchev–Trinajstić information content (AvgIpc) is 3.47. The number of hydrogen-bond donors (Lipinski definition) is 0. The van der Waals surface area contributed by atoms with Gasteiger partial charge in [-0.05, 0) is 85.7 Å². The molecule has 2 bridgehead atoms. The maximum Gasteiger partial charge on any atom is 0.194 e. The summed E-state index contributed by atoms with van der Waals surface area (Å²) < 4.78 is 47.5. The zero-order valence-corrected chi connectivity index (χ0v) is 19.3. The lowest BCUT2D eigenvalue weighted by Crippen LogP contribution is -2.42. The fourth-order valence-corrected chi connectivity index (χ4v) is 6.91. The maximum atomic E-state index is 13.9. The molecule has 2 aliphatic heterocycles. The fourth-order valence-electron chi connectivity index (χ4n) is 6.14. The second-order valence-corrected chi connectivity index (χ2v) is 10.6. The van der Waals surface area contributed by atoms with Crippen molar-refractivity contribution in [3.63, 3.8) is 0 Å². The third-order valence-electron chi connectivity index (χ3n) is 7.70. The van der Waals surface area contributed by atoms with Crippen LogP contribution in [-0.4, -0.2) is 32.2 Å². The highest BCUT2D eigenvalue weighted by atomic mass is 32.1. The van der Waals surface area contributed by atoms with E-state index in [1.165, 1.54) is 17.8 Å². The van der Waals surface area contributed by atoms with Crippen LogP contribution in [0.2, 0.25) is 0 Å². The monoisotopic (exact) mass is 473 g/mol. The molecule has 33 heavy (non-hydrogen) atoms. The van der Waals surface area contributed by atoms with Gasteiger partial charge in [0.1, 0.15) is 10.8 Å². The van der Waals surface area contributed by atoms with Gasteiger partial charge in [0, 0.05) is 32.0 Å². The van der Waals surface area contributed by atoms with Gasteiger partial charge in [-0.2, -0.15) is 9.47 Å². The summed E-state index contributed by atoms with van der Waals surface area (Å²) in [7, 11) is 0. The summed E-state index contributed by atoms with van der Waals surface area (Å²) in [5.41, 5.74) is 1.51. The van der Waals surface area contributed by atoms with Gasteiger partial charge in [0.15, 0.2) is 23.3 Å². The van der Waals surface area contributed by atoms with E-state index in [0.717, 1.165) is 68.4 Å². The van der Waals surface area contributed by atoms with Crippen LogP contribution in [-0.2, 0) is 13.0 Å². The molecule has 9 heteroatoms. The van der Waals surface area contributed by atoms with Gasteiger partial charge in [0.25, 0.3) is 0 Å². The molecule has 0 N–H and O–H groups in total. The minimum absolute atomic E-state index is 0.266. The third-order valence-corrected chi connectivity index (χ3v) is 8.64. The number of anilines is 1. The van der Waals surface area contributed by atoms with Crippen LogP contribution in [0.1, 0.15) is 54.5 Å². The van der Waals surface area contributed by atoms with Crippen molar-refractivity contribution in [1.82, 2.24) is 19.1 Å². The summed E-state index contributed by atoms with van der Waals surface area (Å²) in [6.45, 7) is 4.89. The van der Waals surface area contributed by atoms with Crippen molar-refractivity contribution in [2.24, 2.45) is 17.8 Å². The molecule has 1 aliphatic carbocycles. The molecule has 174 valence electrons. The summed E-state index contributed by atoms with van der Waals surface area (Å²) in [4.78, 5) is 7.34.